The normalized spacial score (nSPS) is 21.6. The third-order valence-electron chi connectivity index (χ3n) is 6.66. The number of nitrogens with zero attached hydrogens (tertiary/aromatic N) is 1. The molecule has 3 unspecified atom stereocenters. The summed E-state index contributed by atoms with van der Waals surface area (Å²) in [5.74, 6) is -1.65. The summed E-state index contributed by atoms with van der Waals surface area (Å²) in [5.41, 5.74) is 3.58. The number of rotatable bonds is 8. The zero-order valence-corrected chi connectivity index (χ0v) is 22.2. The zero-order valence-electron chi connectivity index (χ0n) is 20.6. The summed E-state index contributed by atoms with van der Waals surface area (Å²) in [6, 6.07) is 13.4. The van der Waals surface area contributed by atoms with Gasteiger partial charge in [-0.25, -0.2) is 0 Å². The first kappa shape index (κ1) is 26.1. The van der Waals surface area contributed by atoms with Crippen LogP contribution in [0.15, 0.2) is 63.2 Å². The topological polar surface area (TPSA) is 94.4 Å². The maximum Gasteiger partial charge on any atom is 0.315 e. The Kier molecular flexibility index (Phi) is 8.26. The molecule has 2 aromatic carbocycles. The van der Waals surface area contributed by atoms with Gasteiger partial charge in [-0.1, -0.05) is 30.3 Å². The Morgan fingerprint density at radius 1 is 1.14 bits per heavy atom. The van der Waals surface area contributed by atoms with E-state index in [1.165, 1.54) is 7.11 Å². The molecule has 190 valence electrons. The van der Waals surface area contributed by atoms with Gasteiger partial charge in [-0.05, 0) is 65.4 Å². The molecule has 1 aliphatic carbocycles. The van der Waals surface area contributed by atoms with Crippen LogP contribution < -0.4 is 4.74 Å². The second kappa shape index (κ2) is 11.4. The van der Waals surface area contributed by atoms with E-state index in [1.54, 1.807) is 19.1 Å². The summed E-state index contributed by atoms with van der Waals surface area (Å²) < 4.78 is 16.6. The van der Waals surface area contributed by atoms with Gasteiger partial charge in [0, 0.05) is 36.4 Å². The van der Waals surface area contributed by atoms with Crippen LogP contribution in [0.1, 0.15) is 49.7 Å². The molecule has 0 amide bonds. The molecule has 1 aliphatic heterocycles. The average Bonchev–Trinajstić information content (AvgIpc) is 2.86. The Morgan fingerprint density at radius 2 is 1.89 bits per heavy atom. The molecular weight excluding hydrogens is 526 g/mol. The Bertz CT molecular complexity index is 1210. The fraction of sp³-hybridized carbons (Fsp3) is 0.393. The maximum atomic E-state index is 13.7. The molecular formula is C28H30BrNO6. The lowest BCUT2D eigenvalue weighted by Gasteiger charge is -2.36. The number of ether oxygens (including phenoxy) is 3. The molecule has 0 aromatic heterocycles. The van der Waals surface area contributed by atoms with E-state index in [-0.39, 0.29) is 36.4 Å². The van der Waals surface area contributed by atoms with Crippen LogP contribution in [0.3, 0.4) is 0 Å². The molecule has 7 nitrogen and oxygen atoms in total. The molecule has 3 atom stereocenters. The molecule has 0 bridgehead atoms. The van der Waals surface area contributed by atoms with E-state index in [0.29, 0.717) is 46.5 Å². The van der Waals surface area contributed by atoms with E-state index >= 15 is 0 Å². The third-order valence-corrected chi connectivity index (χ3v) is 7.26. The van der Waals surface area contributed by atoms with E-state index in [4.69, 9.17) is 19.2 Å². The lowest BCUT2D eigenvalue weighted by Crippen LogP contribution is -2.38. The van der Waals surface area contributed by atoms with Gasteiger partial charge in [0.2, 0.25) is 0 Å². The summed E-state index contributed by atoms with van der Waals surface area (Å²) in [6.45, 7) is 4.34. The van der Waals surface area contributed by atoms with Crippen molar-refractivity contribution >= 4 is 33.4 Å². The van der Waals surface area contributed by atoms with Gasteiger partial charge in [0.05, 0.1) is 17.7 Å². The first-order valence-electron chi connectivity index (χ1n) is 12.0. The number of hydrogen-bond acceptors (Lipinski definition) is 7. The number of hydrogen-bond donors (Lipinski definition) is 1. The van der Waals surface area contributed by atoms with Gasteiger partial charge < -0.3 is 19.3 Å². The molecule has 0 fully saturated rings. The number of ketones is 1. The first-order chi connectivity index (χ1) is 17.3. The highest BCUT2D eigenvalue weighted by Crippen LogP contribution is 2.49. The Hall–Kier alpha value is -2.97. The van der Waals surface area contributed by atoms with E-state index < -0.39 is 17.8 Å². The van der Waals surface area contributed by atoms with Gasteiger partial charge in [-0.2, -0.15) is 0 Å². The number of carbonyl (C=O) groups excluding carboxylic acids is 2. The van der Waals surface area contributed by atoms with Gasteiger partial charge in [0.25, 0.3) is 0 Å². The van der Waals surface area contributed by atoms with Crippen LogP contribution in [0.25, 0.3) is 0 Å². The predicted octanol–water partition coefficient (Wildman–Crippen LogP) is 5.32. The lowest BCUT2D eigenvalue weighted by molar-refractivity contribution is -0.147. The highest BCUT2D eigenvalue weighted by molar-refractivity contribution is 9.10. The van der Waals surface area contributed by atoms with Crippen LogP contribution in [0.2, 0.25) is 0 Å². The molecule has 1 heterocycles. The number of halogens is 1. The number of phenols is 1. The summed E-state index contributed by atoms with van der Waals surface area (Å²) in [5, 5.41) is 10.5. The van der Waals surface area contributed by atoms with Crippen molar-refractivity contribution in [2.75, 3.05) is 26.9 Å². The highest BCUT2D eigenvalue weighted by atomic mass is 79.9. The maximum absolute atomic E-state index is 13.7. The number of Topliss-reactive ketones (excluding diaryl/α,β-unsaturated/α-hetero) is 1. The standard InChI is InChI=1S/C28H30BrNO6/c1-4-35-23-15-19(12-20(29)27(23)32)25-24(28(33)36-11-10-34-3)16(2)30-21-13-18(14-22(31)26(21)25)17-8-6-5-7-9-17/h5-9,12,15,18,24-25,32H,4,10-11,13-14H2,1-3H3. The zero-order chi connectivity index (χ0) is 25.8. The van der Waals surface area contributed by atoms with E-state index in [0.717, 1.165) is 5.56 Å². The Balaban J connectivity index is 1.82. The summed E-state index contributed by atoms with van der Waals surface area (Å²) in [4.78, 5) is 31.8. The van der Waals surface area contributed by atoms with Crippen molar-refractivity contribution in [2.45, 2.75) is 38.5 Å². The van der Waals surface area contributed by atoms with Crippen molar-refractivity contribution < 1.29 is 28.9 Å². The van der Waals surface area contributed by atoms with Gasteiger partial charge in [0.1, 0.15) is 12.5 Å². The monoisotopic (exact) mass is 555 g/mol. The van der Waals surface area contributed by atoms with Crippen LogP contribution in [0, 0.1) is 5.92 Å². The second-order valence-electron chi connectivity index (χ2n) is 8.95. The van der Waals surface area contributed by atoms with Crippen molar-refractivity contribution in [2.24, 2.45) is 10.9 Å². The van der Waals surface area contributed by atoms with Crippen molar-refractivity contribution in [3.05, 3.63) is 69.3 Å². The minimum atomic E-state index is -0.788. The number of aliphatic imine (C=N–C) groups is 1. The number of phenolic OH excluding ortho intramolecular Hbond substituents is 1. The molecule has 0 radical (unpaired) electrons. The summed E-state index contributed by atoms with van der Waals surface area (Å²) in [6.07, 6.45) is 0.929. The molecule has 0 saturated carbocycles. The van der Waals surface area contributed by atoms with Crippen molar-refractivity contribution in [3.8, 4) is 11.5 Å². The third kappa shape index (κ3) is 5.25. The van der Waals surface area contributed by atoms with Gasteiger partial charge in [-0.3, -0.25) is 14.6 Å². The fourth-order valence-electron chi connectivity index (χ4n) is 5.04. The van der Waals surface area contributed by atoms with Gasteiger partial charge in [0.15, 0.2) is 17.3 Å². The minimum absolute atomic E-state index is 0.0189. The van der Waals surface area contributed by atoms with Crippen molar-refractivity contribution in [3.63, 3.8) is 0 Å². The lowest BCUT2D eigenvalue weighted by atomic mass is 9.69. The molecule has 2 aromatic rings. The number of benzene rings is 2. The molecule has 8 heteroatoms. The van der Waals surface area contributed by atoms with Crippen molar-refractivity contribution in [1.82, 2.24) is 0 Å². The quantitative estimate of drug-likeness (QED) is 0.350. The van der Waals surface area contributed by atoms with Crippen LogP contribution in [0.5, 0.6) is 11.5 Å². The van der Waals surface area contributed by atoms with Crippen LogP contribution in [0.4, 0.5) is 0 Å². The molecule has 1 N–H and O–H groups in total. The highest BCUT2D eigenvalue weighted by Gasteiger charge is 2.45. The first-order valence-corrected chi connectivity index (χ1v) is 12.8. The number of aromatic hydroxyl groups is 1. The SMILES string of the molecule is CCOc1cc(C2C3=C(CC(c4ccccc4)CC3=O)N=C(C)C2C(=O)OCCOC)cc(Br)c1O. The summed E-state index contributed by atoms with van der Waals surface area (Å²) >= 11 is 3.41. The number of carbonyl (C=O) groups is 2. The van der Waals surface area contributed by atoms with Gasteiger partial charge in [-0.15, -0.1) is 0 Å². The number of allylic oxidation sites excluding steroid dienone is 2. The minimum Gasteiger partial charge on any atom is -0.503 e. The second-order valence-corrected chi connectivity index (χ2v) is 9.81. The Morgan fingerprint density at radius 3 is 2.58 bits per heavy atom. The molecule has 0 saturated heterocycles. The average molecular weight is 556 g/mol. The number of methoxy groups -OCH3 is 1. The number of esters is 1. The molecule has 2 aliphatic rings. The van der Waals surface area contributed by atoms with Gasteiger partial charge >= 0.3 is 5.97 Å². The predicted molar refractivity (Wildman–Crippen MR) is 140 cm³/mol. The molecule has 4 rings (SSSR count). The van der Waals surface area contributed by atoms with E-state index in [1.807, 2.05) is 37.3 Å². The molecule has 36 heavy (non-hydrogen) atoms. The van der Waals surface area contributed by atoms with E-state index in [2.05, 4.69) is 15.9 Å². The smallest absolute Gasteiger partial charge is 0.315 e. The summed E-state index contributed by atoms with van der Waals surface area (Å²) in [7, 11) is 1.54. The van der Waals surface area contributed by atoms with Crippen molar-refractivity contribution in [1.29, 1.82) is 0 Å². The molecule has 0 spiro atoms. The van der Waals surface area contributed by atoms with Crippen LogP contribution in [-0.4, -0.2) is 49.5 Å². The van der Waals surface area contributed by atoms with Crippen LogP contribution >= 0.6 is 15.9 Å². The largest absolute Gasteiger partial charge is 0.503 e. The van der Waals surface area contributed by atoms with E-state index in [9.17, 15) is 14.7 Å². The fourth-order valence-corrected chi connectivity index (χ4v) is 5.50. The Labute approximate surface area is 219 Å². The van der Waals surface area contributed by atoms with Crippen LogP contribution in [-0.2, 0) is 19.1 Å².